The van der Waals surface area contributed by atoms with Crippen LogP contribution in [0.1, 0.15) is 42.2 Å². The first-order chi connectivity index (χ1) is 14.6. The van der Waals surface area contributed by atoms with Gasteiger partial charge in [-0.1, -0.05) is 11.3 Å². The monoisotopic (exact) mass is 415 g/mol. The highest BCUT2D eigenvalue weighted by Gasteiger charge is 2.24. The largest absolute Gasteiger partial charge is 0.398 e. The molecule has 0 saturated heterocycles. The van der Waals surface area contributed by atoms with Gasteiger partial charge in [-0.05, 0) is 49.9 Å². The molecule has 0 amide bonds. The molecule has 30 heavy (non-hydrogen) atoms. The molecule has 5 rings (SSSR count). The van der Waals surface area contributed by atoms with Gasteiger partial charge in [-0.25, -0.2) is 4.98 Å². The van der Waals surface area contributed by atoms with Crippen molar-refractivity contribution in [3.05, 3.63) is 53.3 Å². The molecule has 0 unspecified atom stereocenters. The summed E-state index contributed by atoms with van der Waals surface area (Å²) in [5, 5.41) is 20.7. The van der Waals surface area contributed by atoms with Gasteiger partial charge < -0.3 is 16.0 Å². The first-order valence-electron chi connectivity index (χ1n) is 9.99. The Hall–Kier alpha value is -3.28. The molecular weight excluding hydrogens is 394 g/mol. The Morgan fingerprint density at radius 1 is 1.10 bits per heavy atom. The maximum atomic E-state index is 9.09. The molecule has 1 aliphatic rings. The predicted octanol–water partition coefficient (Wildman–Crippen LogP) is 3.98. The molecule has 1 fully saturated rings. The van der Waals surface area contributed by atoms with E-state index in [2.05, 4.69) is 21.3 Å². The number of pyridine rings is 1. The van der Waals surface area contributed by atoms with Gasteiger partial charge in [0, 0.05) is 41.5 Å². The van der Waals surface area contributed by atoms with E-state index in [9.17, 15) is 0 Å². The zero-order valence-electron chi connectivity index (χ0n) is 16.3. The summed E-state index contributed by atoms with van der Waals surface area (Å²) in [6.07, 6.45) is 7.91. The smallest absolute Gasteiger partial charge is 0.151 e. The van der Waals surface area contributed by atoms with Crippen molar-refractivity contribution in [3.63, 3.8) is 0 Å². The number of fused-ring (bicyclic) bond motifs is 1. The lowest BCUT2D eigenvalue weighted by Crippen LogP contribution is -2.25. The van der Waals surface area contributed by atoms with Crippen molar-refractivity contribution < 1.29 is 0 Å². The Morgan fingerprint density at radius 3 is 2.70 bits per heavy atom. The lowest BCUT2D eigenvalue weighted by Gasteiger charge is -2.23. The van der Waals surface area contributed by atoms with E-state index < -0.39 is 0 Å². The minimum Gasteiger partial charge on any atom is -0.398 e. The molecule has 1 aromatic carbocycles. The van der Waals surface area contributed by atoms with E-state index in [0.717, 1.165) is 58.0 Å². The highest BCUT2D eigenvalue weighted by molar-refractivity contribution is 7.14. The van der Waals surface area contributed by atoms with Crippen LogP contribution in [0.5, 0.6) is 0 Å². The van der Waals surface area contributed by atoms with E-state index in [1.54, 1.807) is 23.6 Å². The minimum absolute atomic E-state index is 0.317. The van der Waals surface area contributed by atoms with Crippen molar-refractivity contribution in [2.45, 2.75) is 37.6 Å². The molecule has 0 spiro atoms. The Morgan fingerprint density at radius 2 is 1.93 bits per heavy atom. The maximum absolute atomic E-state index is 9.09. The van der Waals surface area contributed by atoms with Crippen LogP contribution >= 0.6 is 11.3 Å². The average molecular weight is 416 g/mol. The number of aromatic nitrogens is 4. The molecule has 3 heterocycles. The lowest BCUT2D eigenvalue weighted by atomic mass is 9.87. The third-order valence-corrected chi connectivity index (χ3v) is 6.90. The van der Waals surface area contributed by atoms with Crippen LogP contribution in [-0.2, 0) is 0 Å². The van der Waals surface area contributed by atoms with Crippen molar-refractivity contribution in [2.24, 2.45) is 5.73 Å². The molecule has 0 aliphatic heterocycles. The van der Waals surface area contributed by atoms with Crippen LogP contribution < -0.4 is 11.5 Å². The fourth-order valence-electron chi connectivity index (χ4n) is 4.06. The molecule has 1 aliphatic carbocycles. The number of nitrogen functional groups attached to an aromatic ring is 1. The predicted molar refractivity (Wildman–Crippen MR) is 118 cm³/mol. The first-order valence-corrected chi connectivity index (χ1v) is 10.8. The van der Waals surface area contributed by atoms with Crippen LogP contribution in [-0.4, -0.2) is 25.8 Å². The van der Waals surface area contributed by atoms with E-state index in [-0.39, 0.29) is 0 Å². The summed E-state index contributed by atoms with van der Waals surface area (Å²) in [4.78, 5) is 4.62. The molecule has 7 nitrogen and oxygen atoms in total. The number of nitrogens with two attached hydrogens (primary N) is 2. The van der Waals surface area contributed by atoms with Crippen LogP contribution in [0.2, 0.25) is 0 Å². The fourth-order valence-corrected chi connectivity index (χ4v) is 5.10. The molecule has 8 heteroatoms. The van der Waals surface area contributed by atoms with E-state index in [0.29, 0.717) is 23.2 Å². The molecule has 0 bridgehead atoms. The standard InChI is InChI=1S/C22H21N7S/c23-11-13-1-6-19-15(9-13)7-8-29(19)20-10-18(25)17(12-26-20)22-28-27-21(30-22)14-2-4-16(24)5-3-14/h1,6-10,12,14,16H,2-5,24H2,(H2,25,26). The third kappa shape index (κ3) is 3.32. The Labute approximate surface area is 178 Å². The summed E-state index contributed by atoms with van der Waals surface area (Å²) in [6.45, 7) is 0. The number of hydrogen-bond donors (Lipinski definition) is 2. The molecule has 0 radical (unpaired) electrons. The second-order valence-corrected chi connectivity index (χ2v) is 8.77. The number of nitrogens with zero attached hydrogens (tertiary/aromatic N) is 5. The zero-order chi connectivity index (χ0) is 20.7. The zero-order valence-corrected chi connectivity index (χ0v) is 17.1. The molecule has 4 aromatic rings. The number of nitriles is 1. The maximum Gasteiger partial charge on any atom is 0.151 e. The molecule has 3 aromatic heterocycles. The van der Waals surface area contributed by atoms with Crippen LogP contribution in [0, 0.1) is 11.3 Å². The summed E-state index contributed by atoms with van der Waals surface area (Å²) in [7, 11) is 0. The van der Waals surface area contributed by atoms with Gasteiger partial charge >= 0.3 is 0 Å². The highest BCUT2D eigenvalue weighted by Crippen LogP contribution is 2.37. The SMILES string of the molecule is N#Cc1ccc2c(ccn2-c2cc(N)c(-c3nnc(C4CCC(N)CC4)s3)cn2)c1. The van der Waals surface area contributed by atoms with Crippen molar-refractivity contribution in [3.8, 4) is 22.5 Å². The van der Waals surface area contributed by atoms with Gasteiger partial charge in [0.05, 0.1) is 22.7 Å². The summed E-state index contributed by atoms with van der Waals surface area (Å²) in [6, 6.07) is 11.9. The first kappa shape index (κ1) is 18.7. The van der Waals surface area contributed by atoms with Crippen LogP contribution in [0.25, 0.3) is 27.3 Å². The molecule has 1 saturated carbocycles. The Balaban J connectivity index is 1.44. The Kier molecular flexibility index (Phi) is 4.69. The second-order valence-electron chi connectivity index (χ2n) is 7.76. The highest BCUT2D eigenvalue weighted by atomic mass is 32.1. The summed E-state index contributed by atoms with van der Waals surface area (Å²) < 4.78 is 1.97. The summed E-state index contributed by atoms with van der Waals surface area (Å²) in [5.41, 5.74) is 15.4. The van der Waals surface area contributed by atoms with Gasteiger partial charge in [0.2, 0.25) is 0 Å². The summed E-state index contributed by atoms with van der Waals surface area (Å²) >= 11 is 1.60. The van der Waals surface area contributed by atoms with Crippen molar-refractivity contribution in [1.29, 1.82) is 5.26 Å². The van der Waals surface area contributed by atoms with E-state index in [1.165, 1.54) is 0 Å². The number of anilines is 1. The number of hydrogen-bond acceptors (Lipinski definition) is 7. The van der Waals surface area contributed by atoms with Crippen LogP contribution in [0.4, 0.5) is 5.69 Å². The van der Waals surface area contributed by atoms with Crippen LogP contribution in [0.3, 0.4) is 0 Å². The van der Waals surface area contributed by atoms with E-state index >= 15 is 0 Å². The number of rotatable bonds is 3. The molecule has 4 N–H and O–H groups in total. The van der Waals surface area contributed by atoms with E-state index in [1.807, 2.05) is 35.0 Å². The summed E-state index contributed by atoms with van der Waals surface area (Å²) in [5.74, 6) is 1.16. The van der Waals surface area contributed by atoms with Gasteiger partial charge in [0.15, 0.2) is 5.01 Å². The second kappa shape index (κ2) is 7.52. The Bertz CT molecular complexity index is 1260. The quantitative estimate of drug-likeness (QED) is 0.522. The molecular formula is C22H21N7S. The fraction of sp³-hybridized carbons (Fsp3) is 0.273. The van der Waals surface area contributed by atoms with Crippen molar-refractivity contribution in [1.82, 2.24) is 19.7 Å². The van der Waals surface area contributed by atoms with Crippen LogP contribution in [0.15, 0.2) is 42.7 Å². The van der Waals surface area contributed by atoms with E-state index in [4.69, 9.17) is 16.7 Å². The average Bonchev–Trinajstić information content (AvgIpc) is 3.41. The van der Waals surface area contributed by atoms with Gasteiger partial charge in [0.25, 0.3) is 0 Å². The van der Waals surface area contributed by atoms with Crippen molar-refractivity contribution >= 4 is 27.9 Å². The minimum atomic E-state index is 0.317. The molecule has 0 atom stereocenters. The van der Waals surface area contributed by atoms with Gasteiger partial charge in [-0.15, -0.1) is 10.2 Å². The number of benzene rings is 1. The topological polar surface area (TPSA) is 119 Å². The van der Waals surface area contributed by atoms with Crippen molar-refractivity contribution in [2.75, 3.05) is 5.73 Å². The lowest BCUT2D eigenvalue weighted by molar-refractivity contribution is 0.393. The normalized spacial score (nSPS) is 19.1. The van der Waals surface area contributed by atoms with Gasteiger partial charge in [-0.3, -0.25) is 0 Å². The molecule has 150 valence electrons. The van der Waals surface area contributed by atoms with Gasteiger partial charge in [0.1, 0.15) is 10.8 Å². The van der Waals surface area contributed by atoms with Gasteiger partial charge in [-0.2, -0.15) is 5.26 Å². The third-order valence-electron chi connectivity index (χ3n) is 5.78.